The fourth-order valence-corrected chi connectivity index (χ4v) is 3.27. The van der Waals surface area contributed by atoms with Gasteiger partial charge < -0.3 is 5.32 Å². The lowest BCUT2D eigenvalue weighted by molar-refractivity contribution is -0.131. The minimum atomic E-state index is -0.154. The van der Waals surface area contributed by atoms with E-state index in [4.69, 9.17) is 0 Å². The van der Waals surface area contributed by atoms with Gasteiger partial charge in [0.25, 0.3) is 0 Å². The molecule has 0 radical (unpaired) electrons. The smallest absolute Gasteiger partial charge is 0.141 e. The molecule has 0 saturated carbocycles. The lowest BCUT2D eigenvalue weighted by atomic mass is 9.71. The van der Waals surface area contributed by atoms with E-state index in [0.29, 0.717) is 11.7 Å². The third-order valence-electron chi connectivity index (χ3n) is 4.21. The summed E-state index contributed by atoms with van der Waals surface area (Å²) in [5, 5.41) is 3.41. The van der Waals surface area contributed by atoms with Crippen LogP contribution in [0.25, 0.3) is 0 Å². The summed E-state index contributed by atoms with van der Waals surface area (Å²) < 4.78 is 0. The number of rotatable bonds is 5. The predicted octanol–water partition coefficient (Wildman–Crippen LogP) is 3.26. The van der Waals surface area contributed by atoms with Crippen LogP contribution in [0.1, 0.15) is 53.9 Å². The van der Waals surface area contributed by atoms with Crippen LogP contribution in [0.4, 0.5) is 0 Å². The largest absolute Gasteiger partial charge is 0.317 e. The number of carbonyl (C=O) groups excluding carboxylic acids is 1. The van der Waals surface area contributed by atoms with Crippen molar-refractivity contribution < 1.29 is 4.79 Å². The Morgan fingerprint density at radius 1 is 1.24 bits per heavy atom. The molecule has 0 bridgehead atoms. The average molecular weight is 239 g/mol. The zero-order valence-electron chi connectivity index (χ0n) is 12.2. The van der Waals surface area contributed by atoms with Crippen molar-refractivity contribution in [3.63, 3.8) is 0 Å². The number of nitrogens with one attached hydrogen (secondary N) is 1. The van der Waals surface area contributed by atoms with Crippen LogP contribution in [0.2, 0.25) is 0 Å². The van der Waals surface area contributed by atoms with E-state index in [1.165, 1.54) is 12.8 Å². The highest BCUT2D eigenvalue weighted by atomic mass is 16.1. The number of ketones is 1. The summed E-state index contributed by atoms with van der Waals surface area (Å²) in [4.78, 5) is 12.2. The molecular weight excluding hydrogens is 210 g/mol. The molecule has 2 nitrogen and oxygen atoms in total. The van der Waals surface area contributed by atoms with Crippen LogP contribution in [-0.4, -0.2) is 18.9 Å². The van der Waals surface area contributed by atoms with Crippen LogP contribution in [-0.2, 0) is 4.79 Å². The van der Waals surface area contributed by atoms with Crippen molar-refractivity contribution in [2.75, 3.05) is 13.1 Å². The van der Waals surface area contributed by atoms with Gasteiger partial charge in [-0.2, -0.15) is 0 Å². The molecule has 1 rings (SSSR count). The van der Waals surface area contributed by atoms with Crippen molar-refractivity contribution in [3.8, 4) is 0 Å². The molecule has 1 unspecified atom stereocenters. The molecule has 1 N–H and O–H groups in total. The maximum atomic E-state index is 12.2. The topological polar surface area (TPSA) is 29.1 Å². The Kier molecular flexibility index (Phi) is 5.18. The van der Waals surface area contributed by atoms with Gasteiger partial charge in [0.1, 0.15) is 5.78 Å². The Labute approximate surface area is 107 Å². The molecule has 1 atom stereocenters. The van der Waals surface area contributed by atoms with Crippen LogP contribution in [0.3, 0.4) is 0 Å². The van der Waals surface area contributed by atoms with Crippen LogP contribution in [0.5, 0.6) is 0 Å². The zero-order valence-corrected chi connectivity index (χ0v) is 12.2. The lowest BCUT2D eigenvalue weighted by Crippen LogP contribution is -2.35. The molecule has 1 saturated heterocycles. The van der Waals surface area contributed by atoms with Crippen molar-refractivity contribution in [2.24, 2.45) is 23.2 Å². The molecule has 1 heterocycles. The second-order valence-electron chi connectivity index (χ2n) is 6.67. The van der Waals surface area contributed by atoms with E-state index < -0.39 is 0 Å². The van der Waals surface area contributed by atoms with E-state index >= 15 is 0 Å². The number of hydrogen-bond donors (Lipinski definition) is 1. The molecule has 17 heavy (non-hydrogen) atoms. The monoisotopic (exact) mass is 239 g/mol. The van der Waals surface area contributed by atoms with Gasteiger partial charge in [0, 0.05) is 11.3 Å². The van der Waals surface area contributed by atoms with Crippen LogP contribution in [0.15, 0.2) is 0 Å². The van der Waals surface area contributed by atoms with E-state index in [2.05, 4.69) is 26.1 Å². The molecule has 0 aromatic rings. The van der Waals surface area contributed by atoms with Crippen LogP contribution in [0, 0.1) is 23.2 Å². The Bertz CT molecular complexity index is 252. The number of piperidine rings is 1. The second kappa shape index (κ2) is 5.99. The zero-order chi connectivity index (χ0) is 13.1. The number of Topliss-reactive ketones (excluding diaryl/α,β-unsaturated/α-hetero) is 1. The maximum absolute atomic E-state index is 12.2. The third kappa shape index (κ3) is 4.09. The molecule has 1 aliphatic rings. The number of carbonyl (C=O) groups is 1. The van der Waals surface area contributed by atoms with E-state index in [9.17, 15) is 4.79 Å². The Balaban J connectivity index is 2.53. The van der Waals surface area contributed by atoms with Crippen molar-refractivity contribution in [2.45, 2.75) is 53.9 Å². The molecule has 0 aromatic heterocycles. The average Bonchev–Trinajstić information content (AvgIpc) is 2.28. The summed E-state index contributed by atoms with van der Waals surface area (Å²) >= 11 is 0. The summed E-state index contributed by atoms with van der Waals surface area (Å²) in [5.41, 5.74) is -0.154. The fraction of sp³-hybridized carbons (Fsp3) is 0.933. The van der Waals surface area contributed by atoms with Crippen LogP contribution < -0.4 is 5.32 Å². The maximum Gasteiger partial charge on any atom is 0.141 e. The SMILES string of the molecule is CC(C)C(=O)C(C)(C)CC(C)C1CCNCC1. The quantitative estimate of drug-likeness (QED) is 0.798. The van der Waals surface area contributed by atoms with Gasteiger partial charge in [-0.3, -0.25) is 4.79 Å². The van der Waals surface area contributed by atoms with Gasteiger partial charge in [-0.25, -0.2) is 0 Å². The van der Waals surface area contributed by atoms with E-state index in [-0.39, 0.29) is 11.3 Å². The number of hydrogen-bond acceptors (Lipinski definition) is 2. The minimum Gasteiger partial charge on any atom is -0.317 e. The Morgan fingerprint density at radius 3 is 2.24 bits per heavy atom. The first kappa shape index (κ1) is 14.7. The second-order valence-corrected chi connectivity index (χ2v) is 6.67. The highest BCUT2D eigenvalue weighted by molar-refractivity contribution is 5.85. The fourth-order valence-electron chi connectivity index (χ4n) is 3.27. The molecule has 100 valence electrons. The molecule has 1 fully saturated rings. The van der Waals surface area contributed by atoms with Crippen molar-refractivity contribution in [1.29, 1.82) is 0 Å². The molecular formula is C15H29NO. The Morgan fingerprint density at radius 2 is 1.76 bits per heavy atom. The first-order chi connectivity index (χ1) is 7.84. The normalized spacial score (nSPS) is 20.6. The van der Waals surface area contributed by atoms with Gasteiger partial charge in [0.2, 0.25) is 0 Å². The van der Waals surface area contributed by atoms with Crippen LogP contribution >= 0.6 is 0 Å². The van der Waals surface area contributed by atoms with Gasteiger partial charge in [0.15, 0.2) is 0 Å². The van der Waals surface area contributed by atoms with Crippen molar-refractivity contribution in [3.05, 3.63) is 0 Å². The highest BCUT2D eigenvalue weighted by Gasteiger charge is 2.33. The first-order valence-electron chi connectivity index (χ1n) is 7.09. The van der Waals surface area contributed by atoms with E-state index in [1.807, 2.05) is 13.8 Å². The minimum absolute atomic E-state index is 0.154. The van der Waals surface area contributed by atoms with Crippen molar-refractivity contribution >= 4 is 5.78 Å². The predicted molar refractivity (Wildman–Crippen MR) is 73.0 cm³/mol. The molecule has 2 heteroatoms. The Hall–Kier alpha value is -0.370. The lowest BCUT2D eigenvalue weighted by Gasteiger charge is -2.34. The summed E-state index contributed by atoms with van der Waals surface area (Å²) in [6.07, 6.45) is 3.58. The van der Waals surface area contributed by atoms with E-state index in [0.717, 1.165) is 25.4 Å². The van der Waals surface area contributed by atoms with Crippen molar-refractivity contribution in [1.82, 2.24) is 5.32 Å². The summed E-state index contributed by atoms with van der Waals surface area (Å²) in [5.74, 6) is 2.04. The third-order valence-corrected chi connectivity index (χ3v) is 4.21. The van der Waals surface area contributed by atoms with Gasteiger partial charge in [-0.1, -0.05) is 34.6 Å². The molecule has 0 aromatic carbocycles. The van der Waals surface area contributed by atoms with Gasteiger partial charge in [-0.05, 0) is 44.2 Å². The first-order valence-corrected chi connectivity index (χ1v) is 7.09. The molecule has 0 amide bonds. The molecule has 1 aliphatic heterocycles. The van der Waals surface area contributed by atoms with Gasteiger partial charge in [0.05, 0.1) is 0 Å². The van der Waals surface area contributed by atoms with E-state index in [1.54, 1.807) is 0 Å². The standard InChI is InChI=1S/C15H29NO/c1-11(2)14(17)15(4,5)10-12(3)13-6-8-16-9-7-13/h11-13,16H,6-10H2,1-5H3. The summed E-state index contributed by atoms with van der Waals surface area (Å²) in [6.45, 7) is 12.9. The summed E-state index contributed by atoms with van der Waals surface area (Å²) in [7, 11) is 0. The van der Waals surface area contributed by atoms with Gasteiger partial charge in [-0.15, -0.1) is 0 Å². The highest BCUT2D eigenvalue weighted by Crippen LogP contribution is 2.35. The van der Waals surface area contributed by atoms with Gasteiger partial charge >= 0.3 is 0 Å². The molecule has 0 spiro atoms. The molecule has 0 aliphatic carbocycles. The summed E-state index contributed by atoms with van der Waals surface area (Å²) in [6, 6.07) is 0.